The summed E-state index contributed by atoms with van der Waals surface area (Å²) in [5.41, 5.74) is -0.217. The summed E-state index contributed by atoms with van der Waals surface area (Å²) in [5.74, 6) is -1.24. The van der Waals surface area contributed by atoms with Crippen LogP contribution in [0.2, 0.25) is 0 Å². The Kier molecular flexibility index (Phi) is 5.09. The van der Waals surface area contributed by atoms with Crippen LogP contribution in [-0.2, 0) is 23.1 Å². The zero-order valence-corrected chi connectivity index (χ0v) is 11.6. The van der Waals surface area contributed by atoms with E-state index in [0.717, 1.165) is 5.56 Å². The van der Waals surface area contributed by atoms with Gasteiger partial charge in [-0.2, -0.15) is 5.10 Å². The molecule has 0 saturated heterocycles. The predicted molar refractivity (Wildman–Crippen MR) is 70.6 cm³/mol. The maximum absolute atomic E-state index is 11.8. The molecule has 6 heteroatoms. The highest BCUT2D eigenvalue weighted by atomic mass is 16.4. The van der Waals surface area contributed by atoms with E-state index >= 15 is 0 Å². The van der Waals surface area contributed by atoms with Crippen molar-refractivity contribution in [2.75, 3.05) is 0 Å². The molecule has 19 heavy (non-hydrogen) atoms. The van der Waals surface area contributed by atoms with Gasteiger partial charge >= 0.3 is 5.97 Å². The predicted octanol–water partition coefficient (Wildman–Crippen LogP) is 1.11. The second-order valence-corrected chi connectivity index (χ2v) is 4.96. The number of amides is 1. The zero-order valence-electron chi connectivity index (χ0n) is 11.6. The van der Waals surface area contributed by atoms with E-state index < -0.39 is 11.5 Å². The third-order valence-electron chi connectivity index (χ3n) is 3.04. The van der Waals surface area contributed by atoms with Crippen molar-refractivity contribution in [1.29, 1.82) is 0 Å². The van der Waals surface area contributed by atoms with Gasteiger partial charge in [-0.15, -0.1) is 0 Å². The number of carbonyl (C=O) groups is 2. The Balaban J connectivity index is 2.51. The largest absolute Gasteiger partial charge is 0.480 e. The van der Waals surface area contributed by atoms with Crippen LogP contribution in [0.4, 0.5) is 0 Å². The Morgan fingerprint density at radius 1 is 1.53 bits per heavy atom. The van der Waals surface area contributed by atoms with Crippen molar-refractivity contribution >= 4 is 11.9 Å². The maximum atomic E-state index is 11.8. The van der Waals surface area contributed by atoms with Crippen LogP contribution in [0, 0.1) is 0 Å². The Bertz CT molecular complexity index is 456. The van der Waals surface area contributed by atoms with Gasteiger partial charge in [-0.3, -0.25) is 9.48 Å². The summed E-state index contributed by atoms with van der Waals surface area (Å²) in [7, 11) is 1.81. The number of aromatic nitrogens is 2. The minimum Gasteiger partial charge on any atom is -0.480 e. The van der Waals surface area contributed by atoms with E-state index in [4.69, 9.17) is 0 Å². The van der Waals surface area contributed by atoms with E-state index in [9.17, 15) is 14.7 Å². The minimum absolute atomic E-state index is 0.248. The molecule has 0 spiro atoms. The van der Waals surface area contributed by atoms with Crippen LogP contribution in [-0.4, -0.2) is 32.3 Å². The van der Waals surface area contributed by atoms with Gasteiger partial charge in [0.1, 0.15) is 5.54 Å². The maximum Gasteiger partial charge on any atom is 0.329 e. The third kappa shape index (κ3) is 4.39. The molecule has 1 atom stereocenters. The SMILES string of the molecule is CCC[C@](C)(NC(=O)CCc1cnn(C)c1)C(=O)O. The molecule has 0 bridgehead atoms. The lowest BCUT2D eigenvalue weighted by Gasteiger charge is -2.25. The molecule has 6 nitrogen and oxygen atoms in total. The van der Waals surface area contributed by atoms with Gasteiger partial charge < -0.3 is 10.4 Å². The number of hydrogen-bond acceptors (Lipinski definition) is 3. The zero-order chi connectivity index (χ0) is 14.5. The van der Waals surface area contributed by atoms with Crippen LogP contribution >= 0.6 is 0 Å². The number of aryl methyl sites for hydroxylation is 2. The van der Waals surface area contributed by atoms with Crippen LogP contribution in [0.5, 0.6) is 0 Å². The molecule has 1 rings (SSSR count). The number of hydrogen-bond donors (Lipinski definition) is 2. The van der Waals surface area contributed by atoms with Crippen LogP contribution in [0.25, 0.3) is 0 Å². The summed E-state index contributed by atoms with van der Waals surface area (Å²) in [4.78, 5) is 23.0. The molecule has 0 aliphatic heterocycles. The van der Waals surface area contributed by atoms with Crippen molar-refractivity contribution in [3.63, 3.8) is 0 Å². The molecule has 0 unspecified atom stereocenters. The van der Waals surface area contributed by atoms with E-state index in [1.54, 1.807) is 17.8 Å². The molecule has 1 heterocycles. The number of carbonyl (C=O) groups excluding carboxylic acids is 1. The molecule has 0 saturated carbocycles. The van der Waals surface area contributed by atoms with Gasteiger partial charge in [0.15, 0.2) is 0 Å². The van der Waals surface area contributed by atoms with Crippen molar-refractivity contribution in [3.8, 4) is 0 Å². The standard InChI is InChI=1S/C13H21N3O3/c1-4-7-13(2,12(18)19)15-11(17)6-5-10-8-14-16(3)9-10/h8-9H,4-7H2,1-3H3,(H,15,17)(H,18,19)/t13-/m0/s1. The molecule has 0 aromatic carbocycles. The minimum atomic E-state index is -1.18. The summed E-state index contributed by atoms with van der Waals surface area (Å²) < 4.78 is 1.67. The third-order valence-corrected chi connectivity index (χ3v) is 3.04. The van der Waals surface area contributed by atoms with E-state index in [1.165, 1.54) is 0 Å². The Morgan fingerprint density at radius 3 is 2.68 bits per heavy atom. The van der Waals surface area contributed by atoms with E-state index in [1.807, 2.05) is 20.2 Å². The lowest BCUT2D eigenvalue weighted by molar-refractivity contribution is -0.147. The normalized spacial score (nSPS) is 13.8. The van der Waals surface area contributed by atoms with Gasteiger partial charge in [0.2, 0.25) is 5.91 Å². The molecule has 0 aliphatic carbocycles. The number of aliphatic carboxylic acids is 1. The van der Waals surface area contributed by atoms with Gasteiger partial charge in [0, 0.05) is 19.7 Å². The quantitative estimate of drug-likeness (QED) is 0.775. The molecular weight excluding hydrogens is 246 g/mol. The second kappa shape index (κ2) is 6.36. The van der Waals surface area contributed by atoms with Crippen LogP contribution in [0.1, 0.15) is 38.7 Å². The monoisotopic (exact) mass is 267 g/mol. The smallest absolute Gasteiger partial charge is 0.329 e. The van der Waals surface area contributed by atoms with Crippen molar-refractivity contribution in [2.24, 2.45) is 7.05 Å². The highest BCUT2D eigenvalue weighted by Gasteiger charge is 2.33. The number of carboxylic acid groups (broad SMARTS) is 1. The van der Waals surface area contributed by atoms with E-state index in [0.29, 0.717) is 19.3 Å². The second-order valence-electron chi connectivity index (χ2n) is 4.96. The van der Waals surface area contributed by atoms with Crippen molar-refractivity contribution in [1.82, 2.24) is 15.1 Å². The highest BCUT2D eigenvalue weighted by molar-refractivity contribution is 5.86. The van der Waals surface area contributed by atoms with Crippen molar-refractivity contribution in [3.05, 3.63) is 18.0 Å². The molecule has 1 amide bonds. The number of nitrogens with one attached hydrogen (secondary N) is 1. The molecule has 0 aliphatic rings. The topological polar surface area (TPSA) is 84.2 Å². The fraction of sp³-hybridized carbons (Fsp3) is 0.615. The van der Waals surface area contributed by atoms with Gasteiger partial charge in [-0.1, -0.05) is 13.3 Å². The number of carboxylic acids is 1. The summed E-state index contributed by atoms with van der Waals surface area (Å²) in [6.45, 7) is 3.43. The molecule has 0 radical (unpaired) electrons. The number of rotatable bonds is 7. The Morgan fingerprint density at radius 2 is 2.21 bits per heavy atom. The summed E-state index contributed by atoms with van der Waals surface area (Å²) in [6, 6.07) is 0. The molecule has 106 valence electrons. The molecule has 2 N–H and O–H groups in total. The lowest BCUT2D eigenvalue weighted by atomic mass is 9.96. The van der Waals surface area contributed by atoms with Gasteiger partial charge in [-0.25, -0.2) is 4.79 Å². The average Bonchev–Trinajstić information content (AvgIpc) is 2.72. The summed E-state index contributed by atoms with van der Waals surface area (Å²) in [5, 5.41) is 15.8. The first-order valence-corrected chi connectivity index (χ1v) is 6.39. The van der Waals surface area contributed by atoms with Crippen LogP contribution in [0.3, 0.4) is 0 Å². The molecule has 1 aromatic rings. The lowest BCUT2D eigenvalue weighted by Crippen LogP contribution is -2.52. The van der Waals surface area contributed by atoms with E-state index in [-0.39, 0.29) is 12.3 Å². The average molecular weight is 267 g/mol. The van der Waals surface area contributed by atoms with Gasteiger partial charge in [-0.05, 0) is 25.3 Å². The summed E-state index contributed by atoms with van der Waals surface area (Å²) >= 11 is 0. The van der Waals surface area contributed by atoms with Gasteiger partial charge in [0.25, 0.3) is 0 Å². The van der Waals surface area contributed by atoms with Crippen LogP contribution in [0.15, 0.2) is 12.4 Å². The van der Waals surface area contributed by atoms with Crippen molar-refractivity contribution in [2.45, 2.75) is 45.1 Å². The Labute approximate surface area is 112 Å². The highest BCUT2D eigenvalue weighted by Crippen LogP contribution is 2.13. The first-order chi connectivity index (χ1) is 8.87. The molecular formula is C13H21N3O3. The number of nitrogens with zero attached hydrogens (tertiary/aromatic N) is 2. The fourth-order valence-corrected chi connectivity index (χ4v) is 1.95. The molecule has 0 fully saturated rings. The fourth-order valence-electron chi connectivity index (χ4n) is 1.95. The first kappa shape index (κ1) is 15.2. The van der Waals surface area contributed by atoms with Crippen molar-refractivity contribution < 1.29 is 14.7 Å². The Hall–Kier alpha value is -1.85. The summed E-state index contributed by atoms with van der Waals surface area (Å²) in [6.07, 6.45) is 5.48. The van der Waals surface area contributed by atoms with Crippen LogP contribution < -0.4 is 5.32 Å². The van der Waals surface area contributed by atoms with Gasteiger partial charge in [0.05, 0.1) is 6.20 Å². The van der Waals surface area contributed by atoms with E-state index in [2.05, 4.69) is 10.4 Å². The molecule has 1 aromatic heterocycles. The first-order valence-electron chi connectivity index (χ1n) is 6.39.